The van der Waals surface area contributed by atoms with Crippen LogP contribution in [0.4, 0.5) is 4.39 Å². The van der Waals surface area contributed by atoms with Gasteiger partial charge in [-0.2, -0.15) is 9.78 Å². The highest BCUT2D eigenvalue weighted by Crippen LogP contribution is 2.15. The summed E-state index contributed by atoms with van der Waals surface area (Å²) in [6, 6.07) is 15.7. The van der Waals surface area contributed by atoms with Crippen LogP contribution < -0.4 is 16.6 Å². The molecule has 0 saturated carbocycles. The van der Waals surface area contributed by atoms with Crippen molar-refractivity contribution in [3.63, 3.8) is 0 Å². The number of amides is 1. The van der Waals surface area contributed by atoms with Crippen LogP contribution >= 0.6 is 0 Å². The number of halogens is 1. The number of rotatable bonds is 6. The molecule has 2 aromatic heterocycles. The van der Waals surface area contributed by atoms with Crippen LogP contribution in [0.1, 0.15) is 40.3 Å². The molecule has 9 heteroatoms. The standard InChI is InChI=1S/C24H21FN4O4/c1-15-10-11-18(13-20(15)25)29-24(32)28(16(2)17-7-4-3-5-8-17)23(31)21(27-29)22(30)26-14-19-9-6-12-33-19/h3-13,16H,14H2,1-2H3,(H,26,30). The van der Waals surface area contributed by atoms with Gasteiger partial charge in [-0.1, -0.05) is 36.4 Å². The molecule has 0 saturated heterocycles. The second-order valence-electron chi connectivity index (χ2n) is 7.50. The number of carbonyl (C=O) groups excluding carboxylic acids is 1. The number of aryl methyl sites for hydroxylation is 1. The van der Waals surface area contributed by atoms with Crippen LogP contribution in [0.15, 0.2) is 80.9 Å². The van der Waals surface area contributed by atoms with Crippen LogP contribution in [0.3, 0.4) is 0 Å². The lowest BCUT2D eigenvalue weighted by molar-refractivity contribution is 0.0938. The van der Waals surface area contributed by atoms with Gasteiger partial charge in [0, 0.05) is 6.07 Å². The summed E-state index contributed by atoms with van der Waals surface area (Å²) in [5, 5.41) is 6.58. The molecule has 0 aliphatic heterocycles. The van der Waals surface area contributed by atoms with Crippen LogP contribution in [0.25, 0.3) is 5.69 Å². The average molecular weight is 448 g/mol. The zero-order chi connectivity index (χ0) is 23.5. The molecule has 0 aliphatic carbocycles. The third-order valence-corrected chi connectivity index (χ3v) is 5.30. The molecule has 1 N–H and O–H groups in total. The maximum absolute atomic E-state index is 14.2. The van der Waals surface area contributed by atoms with Crippen LogP contribution in [0.5, 0.6) is 0 Å². The van der Waals surface area contributed by atoms with Gasteiger partial charge in [-0.25, -0.2) is 13.8 Å². The lowest BCUT2D eigenvalue weighted by Crippen LogP contribution is -2.47. The molecule has 4 rings (SSSR count). The molecule has 0 radical (unpaired) electrons. The van der Waals surface area contributed by atoms with Crippen molar-refractivity contribution in [2.24, 2.45) is 0 Å². The SMILES string of the molecule is Cc1ccc(-n2nc(C(=O)NCc3ccco3)c(=O)n(C(C)c3ccccc3)c2=O)cc1F. The van der Waals surface area contributed by atoms with Gasteiger partial charge < -0.3 is 9.73 Å². The highest BCUT2D eigenvalue weighted by Gasteiger charge is 2.24. The zero-order valence-corrected chi connectivity index (χ0v) is 18.0. The van der Waals surface area contributed by atoms with Gasteiger partial charge in [0.25, 0.3) is 11.5 Å². The van der Waals surface area contributed by atoms with Crippen molar-refractivity contribution in [3.05, 3.63) is 116 Å². The zero-order valence-electron chi connectivity index (χ0n) is 18.0. The minimum atomic E-state index is -0.850. The predicted molar refractivity (Wildman–Crippen MR) is 119 cm³/mol. The van der Waals surface area contributed by atoms with Crippen molar-refractivity contribution in [1.82, 2.24) is 19.7 Å². The first kappa shape index (κ1) is 21.9. The molecule has 4 aromatic rings. The van der Waals surface area contributed by atoms with E-state index >= 15 is 0 Å². The predicted octanol–water partition coefficient (Wildman–Crippen LogP) is 2.97. The number of furan rings is 1. The fraction of sp³-hybridized carbons (Fsp3) is 0.167. The summed E-state index contributed by atoms with van der Waals surface area (Å²) in [6.07, 6.45) is 1.46. The van der Waals surface area contributed by atoms with E-state index in [9.17, 15) is 18.8 Å². The molecule has 0 bridgehead atoms. The number of nitrogens with zero attached hydrogens (tertiary/aromatic N) is 3. The second-order valence-corrected chi connectivity index (χ2v) is 7.50. The van der Waals surface area contributed by atoms with Crippen molar-refractivity contribution in [3.8, 4) is 5.69 Å². The van der Waals surface area contributed by atoms with Gasteiger partial charge in [-0.05, 0) is 43.2 Å². The monoisotopic (exact) mass is 448 g/mol. The first-order valence-electron chi connectivity index (χ1n) is 10.2. The van der Waals surface area contributed by atoms with Crippen molar-refractivity contribution >= 4 is 5.91 Å². The molecule has 1 atom stereocenters. The van der Waals surface area contributed by atoms with E-state index in [0.29, 0.717) is 16.9 Å². The molecule has 1 unspecified atom stereocenters. The lowest BCUT2D eigenvalue weighted by atomic mass is 10.1. The van der Waals surface area contributed by atoms with Gasteiger partial charge in [-0.3, -0.25) is 9.59 Å². The Balaban J connectivity index is 1.86. The highest BCUT2D eigenvalue weighted by atomic mass is 19.1. The molecule has 2 heterocycles. The molecule has 0 spiro atoms. The summed E-state index contributed by atoms with van der Waals surface area (Å²) in [5.74, 6) is -0.846. The van der Waals surface area contributed by atoms with Gasteiger partial charge in [-0.15, -0.1) is 0 Å². The van der Waals surface area contributed by atoms with Crippen LogP contribution in [-0.2, 0) is 6.54 Å². The fourth-order valence-corrected chi connectivity index (χ4v) is 3.40. The number of nitrogens with one attached hydrogen (secondary N) is 1. The molecule has 0 aliphatic rings. The van der Waals surface area contributed by atoms with Crippen molar-refractivity contribution in [2.75, 3.05) is 0 Å². The molecule has 8 nitrogen and oxygen atoms in total. The van der Waals surface area contributed by atoms with E-state index in [1.165, 1.54) is 18.4 Å². The van der Waals surface area contributed by atoms with Crippen LogP contribution in [-0.4, -0.2) is 20.3 Å². The smallest absolute Gasteiger partial charge is 0.352 e. The summed E-state index contributed by atoms with van der Waals surface area (Å²) in [7, 11) is 0. The summed E-state index contributed by atoms with van der Waals surface area (Å²) < 4.78 is 21.2. The maximum Gasteiger partial charge on any atom is 0.352 e. The van der Waals surface area contributed by atoms with Crippen LogP contribution in [0, 0.1) is 12.7 Å². The molecule has 168 valence electrons. The summed E-state index contributed by atoms with van der Waals surface area (Å²) in [4.78, 5) is 39.4. The van der Waals surface area contributed by atoms with Gasteiger partial charge in [0.2, 0.25) is 5.69 Å². The van der Waals surface area contributed by atoms with Gasteiger partial charge in [0.05, 0.1) is 24.5 Å². The van der Waals surface area contributed by atoms with E-state index in [2.05, 4.69) is 10.4 Å². The Morgan fingerprint density at radius 3 is 2.55 bits per heavy atom. The summed E-state index contributed by atoms with van der Waals surface area (Å²) in [5.41, 5.74) is -0.970. The Kier molecular flexibility index (Phi) is 6.03. The quantitative estimate of drug-likeness (QED) is 0.489. The molecule has 1 amide bonds. The third-order valence-electron chi connectivity index (χ3n) is 5.30. The van der Waals surface area contributed by atoms with Crippen molar-refractivity contribution < 1.29 is 13.6 Å². The molecular formula is C24H21FN4O4. The topological polar surface area (TPSA) is 99.1 Å². The number of aromatic nitrogens is 3. The molecular weight excluding hydrogens is 427 g/mol. The van der Waals surface area contributed by atoms with Gasteiger partial charge in [0.15, 0.2) is 0 Å². The minimum Gasteiger partial charge on any atom is -0.467 e. The van der Waals surface area contributed by atoms with Crippen molar-refractivity contribution in [2.45, 2.75) is 26.4 Å². The van der Waals surface area contributed by atoms with E-state index in [1.54, 1.807) is 50.2 Å². The Labute approximate surface area is 187 Å². The summed E-state index contributed by atoms with van der Waals surface area (Å²) in [6.45, 7) is 3.28. The first-order chi connectivity index (χ1) is 15.9. The second kappa shape index (κ2) is 9.07. The van der Waals surface area contributed by atoms with E-state index in [-0.39, 0.29) is 12.2 Å². The van der Waals surface area contributed by atoms with Crippen LogP contribution in [0.2, 0.25) is 0 Å². The van der Waals surface area contributed by atoms with E-state index in [1.807, 2.05) is 6.07 Å². The van der Waals surface area contributed by atoms with Crippen molar-refractivity contribution in [1.29, 1.82) is 0 Å². The number of hydrogen-bond donors (Lipinski definition) is 1. The van der Waals surface area contributed by atoms with E-state index in [4.69, 9.17) is 4.42 Å². The Hall–Kier alpha value is -4.27. The number of benzene rings is 2. The third kappa shape index (κ3) is 4.38. The molecule has 2 aromatic carbocycles. The van der Waals surface area contributed by atoms with E-state index < -0.39 is 34.7 Å². The summed E-state index contributed by atoms with van der Waals surface area (Å²) >= 11 is 0. The molecule has 0 fully saturated rings. The Morgan fingerprint density at radius 2 is 1.88 bits per heavy atom. The first-order valence-corrected chi connectivity index (χ1v) is 10.2. The minimum absolute atomic E-state index is 0.0273. The Bertz CT molecular complexity index is 1410. The maximum atomic E-state index is 14.2. The normalized spacial score (nSPS) is 11.8. The molecule has 33 heavy (non-hydrogen) atoms. The fourth-order valence-electron chi connectivity index (χ4n) is 3.40. The largest absolute Gasteiger partial charge is 0.467 e. The van der Waals surface area contributed by atoms with Gasteiger partial charge >= 0.3 is 5.69 Å². The van der Waals surface area contributed by atoms with E-state index in [0.717, 1.165) is 15.3 Å². The Morgan fingerprint density at radius 1 is 1.12 bits per heavy atom. The average Bonchev–Trinajstić information content (AvgIpc) is 3.34. The highest BCUT2D eigenvalue weighted by molar-refractivity contribution is 5.91. The number of carbonyl (C=O) groups is 1. The number of hydrogen-bond acceptors (Lipinski definition) is 5. The van der Waals surface area contributed by atoms with Gasteiger partial charge in [0.1, 0.15) is 11.6 Å². The lowest BCUT2D eigenvalue weighted by Gasteiger charge is -2.18.